The number of esters is 2. The largest absolute Gasteiger partial charge is 0.464 e. The van der Waals surface area contributed by atoms with Crippen LogP contribution in [-0.4, -0.2) is 43.3 Å². The molecule has 0 spiro atoms. The van der Waals surface area contributed by atoms with Gasteiger partial charge in [-0.1, -0.05) is 6.92 Å². The van der Waals surface area contributed by atoms with E-state index < -0.39 is 17.6 Å². The number of nitrogens with one attached hydrogen (secondary N) is 1. The van der Waals surface area contributed by atoms with Gasteiger partial charge in [0.15, 0.2) is 0 Å². The molecule has 0 aromatic heterocycles. The van der Waals surface area contributed by atoms with Crippen molar-refractivity contribution in [1.82, 2.24) is 5.32 Å². The summed E-state index contributed by atoms with van der Waals surface area (Å²) in [5, 5.41) is 2.93. The van der Waals surface area contributed by atoms with E-state index in [1.807, 2.05) is 0 Å². The average Bonchev–Trinajstić information content (AvgIpc) is 2.25. The molecule has 0 rings (SSSR count). The zero-order valence-corrected chi connectivity index (χ0v) is 11.6. The molecule has 0 aliphatic rings. The predicted octanol–water partition coefficient (Wildman–Crippen LogP) is 0.198. The molecule has 0 aromatic carbocycles. The maximum Gasteiger partial charge on any atom is 0.324 e. The molecule has 6 heteroatoms. The zero-order valence-electron chi connectivity index (χ0n) is 11.6. The summed E-state index contributed by atoms with van der Waals surface area (Å²) in [5.74, 6) is -0.686. The summed E-state index contributed by atoms with van der Waals surface area (Å²) >= 11 is 0. The lowest BCUT2D eigenvalue weighted by Crippen LogP contribution is -2.44. The van der Waals surface area contributed by atoms with Gasteiger partial charge in [-0.2, -0.15) is 0 Å². The molecule has 0 saturated carbocycles. The SMILES string of the molecule is CCC(=O)OCCNCC(N)C(=O)OC(C)(C)C. The van der Waals surface area contributed by atoms with Crippen molar-refractivity contribution in [2.45, 2.75) is 45.8 Å². The highest BCUT2D eigenvalue weighted by Crippen LogP contribution is 2.07. The average molecular weight is 260 g/mol. The minimum Gasteiger partial charge on any atom is -0.464 e. The van der Waals surface area contributed by atoms with Crippen LogP contribution in [-0.2, 0) is 19.1 Å². The van der Waals surface area contributed by atoms with Crippen LogP contribution in [0.3, 0.4) is 0 Å². The zero-order chi connectivity index (χ0) is 14.2. The second kappa shape index (κ2) is 8.05. The molecular formula is C12H24N2O4. The molecule has 1 unspecified atom stereocenters. The summed E-state index contributed by atoms with van der Waals surface area (Å²) in [4.78, 5) is 22.3. The van der Waals surface area contributed by atoms with Gasteiger partial charge in [0.25, 0.3) is 0 Å². The molecule has 0 amide bonds. The van der Waals surface area contributed by atoms with Crippen LogP contribution in [0.25, 0.3) is 0 Å². The van der Waals surface area contributed by atoms with Gasteiger partial charge in [0, 0.05) is 19.5 Å². The van der Waals surface area contributed by atoms with E-state index in [1.54, 1.807) is 27.7 Å². The number of nitrogens with two attached hydrogens (primary N) is 1. The number of carbonyl (C=O) groups excluding carboxylic acids is 2. The summed E-state index contributed by atoms with van der Waals surface area (Å²) < 4.78 is 9.98. The lowest BCUT2D eigenvalue weighted by molar-refractivity contribution is -0.156. The van der Waals surface area contributed by atoms with Gasteiger partial charge >= 0.3 is 11.9 Å². The Kier molecular flexibility index (Phi) is 7.54. The van der Waals surface area contributed by atoms with Gasteiger partial charge < -0.3 is 20.5 Å². The Morgan fingerprint density at radius 2 is 1.94 bits per heavy atom. The highest BCUT2D eigenvalue weighted by Gasteiger charge is 2.21. The summed E-state index contributed by atoms with van der Waals surface area (Å²) in [5.41, 5.74) is 5.11. The number of ether oxygens (including phenoxy) is 2. The van der Waals surface area contributed by atoms with Crippen molar-refractivity contribution in [3.05, 3.63) is 0 Å². The van der Waals surface area contributed by atoms with E-state index in [0.29, 0.717) is 19.5 Å². The van der Waals surface area contributed by atoms with Gasteiger partial charge in [-0.05, 0) is 20.8 Å². The molecule has 0 aliphatic heterocycles. The van der Waals surface area contributed by atoms with E-state index in [0.717, 1.165) is 0 Å². The first-order valence-corrected chi connectivity index (χ1v) is 6.11. The highest BCUT2D eigenvalue weighted by atomic mass is 16.6. The standard InChI is InChI=1S/C12H24N2O4/c1-5-10(15)17-7-6-14-8-9(13)11(16)18-12(2,3)4/h9,14H,5-8,13H2,1-4H3. The molecule has 0 aliphatic carbocycles. The van der Waals surface area contributed by atoms with Crippen molar-refractivity contribution in [2.75, 3.05) is 19.7 Å². The quantitative estimate of drug-likeness (QED) is 0.502. The van der Waals surface area contributed by atoms with Crippen LogP contribution in [0.2, 0.25) is 0 Å². The molecule has 0 aromatic rings. The molecular weight excluding hydrogens is 236 g/mol. The Morgan fingerprint density at radius 3 is 2.44 bits per heavy atom. The van der Waals surface area contributed by atoms with E-state index in [-0.39, 0.29) is 12.6 Å². The van der Waals surface area contributed by atoms with Crippen LogP contribution in [0.15, 0.2) is 0 Å². The molecule has 1 atom stereocenters. The number of rotatable bonds is 7. The first kappa shape index (κ1) is 16.9. The van der Waals surface area contributed by atoms with E-state index >= 15 is 0 Å². The summed E-state index contributed by atoms with van der Waals surface area (Å²) in [7, 11) is 0. The fourth-order valence-electron chi connectivity index (χ4n) is 1.06. The van der Waals surface area contributed by atoms with Gasteiger partial charge in [-0.25, -0.2) is 0 Å². The Morgan fingerprint density at radius 1 is 1.33 bits per heavy atom. The van der Waals surface area contributed by atoms with Crippen LogP contribution >= 0.6 is 0 Å². The second-order valence-corrected chi connectivity index (χ2v) is 4.92. The van der Waals surface area contributed by atoms with Gasteiger partial charge in [-0.15, -0.1) is 0 Å². The van der Waals surface area contributed by atoms with Crippen molar-refractivity contribution in [1.29, 1.82) is 0 Å². The summed E-state index contributed by atoms with van der Waals surface area (Å²) in [6.45, 7) is 8.11. The third-order valence-electron chi connectivity index (χ3n) is 1.90. The molecule has 0 bridgehead atoms. The Labute approximate surface area is 108 Å². The van der Waals surface area contributed by atoms with E-state index in [9.17, 15) is 9.59 Å². The van der Waals surface area contributed by atoms with Gasteiger partial charge in [0.2, 0.25) is 0 Å². The summed E-state index contributed by atoms with van der Waals surface area (Å²) in [6, 6.07) is -0.717. The lowest BCUT2D eigenvalue weighted by atomic mass is 10.2. The van der Waals surface area contributed by atoms with Crippen molar-refractivity contribution in [3.8, 4) is 0 Å². The topological polar surface area (TPSA) is 90.6 Å². The van der Waals surface area contributed by atoms with Crippen molar-refractivity contribution >= 4 is 11.9 Å². The van der Waals surface area contributed by atoms with Crippen LogP contribution in [0, 0.1) is 0 Å². The van der Waals surface area contributed by atoms with Crippen molar-refractivity contribution in [3.63, 3.8) is 0 Å². The van der Waals surface area contributed by atoms with Crippen LogP contribution in [0.5, 0.6) is 0 Å². The summed E-state index contributed by atoms with van der Waals surface area (Å²) in [6.07, 6.45) is 0.359. The van der Waals surface area contributed by atoms with Crippen LogP contribution in [0.4, 0.5) is 0 Å². The molecule has 0 radical (unpaired) electrons. The third kappa shape index (κ3) is 8.95. The van der Waals surface area contributed by atoms with Gasteiger partial charge in [0.1, 0.15) is 18.2 Å². The minimum atomic E-state index is -0.717. The maximum absolute atomic E-state index is 11.5. The van der Waals surface area contributed by atoms with Gasteiger partial charge in [0.05, 0.1) is 0 Å². The lowest BCUT2D eigenvalue weighted by Gasteiger charge is -2.22. The molecule has 3 N–H and O–H groups in total. The van der Waals surface area contributed by atoms with E-state index in [2.05, 4.69) is 5.32 Å². The maximum atomic E-state index is 11.5. The fourth-order valence-corrected chi connectivity index (χ4v) is 1.06. The molecule has 0 heterocycles. The third-order valence-corrected chi connectivity index (χ3v) is 1.90. The van der Waals surface area contributed by atoms with Crippen molar-refractivity contribution in [2.24, 2.45) is 5.73 Å². The normalized spacial score (nSPS) is 12.9. The predicted molar refractivity (Wildman–Crippen MR) is 67.9 cm³/mol. The fraction of sp³-hybridized carbons (Fsp3) is 0.833. The van der Waals surface area contributed by atoms with Crippen LogP contribution in [0.1, 0.15) is 34.1 Å². The minimum absolute atomic E-state index is 0.242. The highest BCUT2D eigenvalue weighted by molar-refractivity contribution is 5.76. The Balaban J connectivity index is 3.67. The number of hydrogen-bond donors (Lipinski definition) is 2. The molecule has 0 saturated heterocycles. The van der Waals surface area contributed by atoms with E-state index in [1.165, 1.54) is 0 Å². The van der Waals surface area contributed by atoms with Crippen molar-refractivity contribution < 1.29 is 19.1 Å². The number of carbonyl (C=O) groups is 2. The first-order chi connectivity index (χ1) is 8.26. The first-order valence-electron chi connectivity index (χ1n) is 6.11. The van der Waals surface area contributed by atoms with E-state index in [4.69, 9.17) is 15.2 Å². The molecule has 0 fully saturated rings. The second-order valence-electron chi connectivity index (χ2n) is 4.92. The molecule has 106 valence electrons. The monoisotopic (exact) mass is 260 g/mol. The Hall–Kier alpha value is -1.14. The number of hydrogen-bond acceptors (Lipinski definition) is 6. The molecule has 18 heavy (non-hydrogen) atoms. The van der Waals surface area contributed by atoms with Gasteiger partial charge in [-0.3, -0.25) is 9.59 Å². The Bertz CT molecular complexity index is 274. The van der Waals surface area contributed by atoms with Crippen LogP contribution < -0.4 is 11.1 Å². The molecule has 6 nitrogen and oxygen atoms in total. The smallest absolute Gasteiger partial charge is 0.324 e.